The van der Waals surface area contributed by atoms with E-state index in [1.54, 1.807) is 0 Å². The van der Waals surface area contributed by atoms with E-state index in [0.717, 1.165) is 43.9 Å². The summed E-state index contributed by atoms with van der Waals surface area (Å²) in [7, 11) is -2.59. The summed E-state index contributed by atoms with van der Waals surface area (Å²) in [6.07, 6.45) is 3.37. The minimum absolute atomic E-state index is 0.148. The predicted molar refractivity (Wildman–Crippen MR) is 70.6 cm³/mol. The average molecular weight is 301 g/mol. The Bertz CT molecular complexity index is 623. The fraction of sp³-hybridized carbons (Fsp3) is 0.462. The van der Waals surface area contributed by atoms with Crippen molar-refractivity contribution in [2.75, 3.05) is 7.05 Å². The molecule has 0 bridgehead atoms. The van der Waals surface area contributed by atoms with Gasteiger partial charge in [-0.25, -0.2) is 17.6 Å². The highest BCUT2D eigenvalue weighted by molar-refractivity contribution is 7.89. The van der Waals surface area contributed by atoms with E-state index in [-0.39, 0.29) is 6.04 Å². The molecule has 1 fully saturated rings. The lowest BCUT2D eigenvalue weighted by molar-refractivity contribution is 0.0692. The fourth-order valence-corrected chi connectivity index (χ4v) is 4.11. The smallest absolute Gasteiger partial charge is 0.337 e. The Morgan fingerprint density at radius 3 is 2.50 bits per heavy atom. The number of aromatic carboxylic acids is 1. The Hall–Kier alpha value is -1.47. The van der Waals surface area contributed by atoms with Gasteiger partial charge in [0.1, 0.15) is 5.82 Å². The first-order valence-electron chi connectivity index (χ1n) is 6.35. The quantitative estimate of drug-likeness (QED) is 0.924. The second-order valence-electron chi connectivity index (χ2n) is 4.91. The first-order valence-corrected chi connectivity index (χ1v) is 7.79. The molecule has 7 heteroatoms. The molecular formula is C13H16FNO4S. The van der Waals surface area contributed by atoms with E-state index in [9.17, 15) is 17.6 Å². The maximum Gasteiger partial charge on any atom is 0.337 e. The van der Waals surface area contributed by atoms with Crippen molar-refractivity contribution in [1.82, 2.24) is 4.31 Å². The van der Waals surface area contributed by atoms with Crippen LogP contribution in [0.3, 0.4) is 0 Å². The molecule has 1 saturated carbocycles. The summed E-state index contributed by atoms with van der Waals surface area (Å²) in [5.41, 5.74) is -0.406. The van der Waals surface area contributed by atoms with Gasteiger partial charge < -0.3 is 5.11 Å². The molecule has 1 aromatic rings. The highest BCUT2D eigenvalue weighted by atomic mass is 32.2. The van der Waals surface area contributed by atoms with Crippen LogP contribution in [0.4, 0.5) is 4.39 Å². The summed E-state index contributed by atoms with van der Waals surface area (Å²) in [6, 6.07) is 2.54. The second-order valence-corrected chi connectivity index (χ2v) is 6.87. The molecule has 0 heterocycles. The van der Waals surface area contributed by atoms with E-state index < -0.39 is 32.3 Å². The zero-order valence-electron chi connectivity index (χ0n) is 11.0. The number of rotatable bonds is 4. The van der Waals surface area contributed by atoms with Gasteiger partial charge >= 0.3 is 5.97 Å². The summed E-state index contributed by atoms with van der Waals surface area (Å²) in [5, 5.41) is 9.06. The third-order valence-corrected chi connectivity index (χ3v) is 5.62. The number of benzene rings is 1. The van der Waals surface area contributed by atoms with Gasteiger partial charge in [-0.2, -0.15) is 4.31 Å². The Labute approximate surface area is 117 Å². The van der Waals surface area contributed by atoms with Crippen LogP contribution in [0.2, 0.25) is 0 Å². The molecular weight excluding hydrogens is 285 g/mol. The standard InChI is InChI=1S/C13H16FNO4S/c1-15(10-4-2-3-5-10)20(18,19)12-8-9(14)6-7-11(12)13(16)17/h6-8,10H,2-5H2,1H3,(H,16,17). The summed E-state index contributed by atoms with van der Waals surface area (Å²) < 4.78 is 39.5. The average Bonchev–Trinajstić information content (AvgIpc) is 2.91. The molecule has 0 spiro atoms. The monoisotopic (exact) mass is 301 g/mol. The van der Waals surface area contributed by atoms with Crippen LogP contribution in [0.25, 0.3) is 0 Å². The second kappa shape index (κ2) is 5.49. The molecule has 1 aliphatic rings. The van der Waals surface area contributed by atoms with Crippen molar-refractivity contribution in [1.29, 1.82) is 0 Å². The van der Waals surface area contributed by atoms with Crippen LogP contribution in [0.5, 0.6) is 0 Å². The van der Waals surface area contributed by atoms with E-state index in [2.05, 4.69) is 0 Å². The largest absolute Gasteiger partial charge is 0.478 e. The number of carbonyl (C=O) groups is 1. The van der Waals surface area contributed by atoms with Crippen LogP contribution in [-0.4, -0.2) is 36.9 Å². The maximum atomic E-state index is 13.3. The van der Waals surface area contributed by atoms with Crippen molar-refractivity contribution in [3.05, 3.63) is 29.6 Å². The molecule has 0 saturated heterocycles. The van der Waals surface area contributed by atoms with Crippen LogP contribution < -0.4 is 0 Å². The topological polar surface area (TPSA) is 74.7 Å². The minimum atomic E-state index is -4.01. The number of hydrogen-bond acceptors (Lipinski definition) is 3. The van der Waals surface area contributed by atoms with Crippen molar-refractivity contribution >= 4 is 16.0 Å². The van der Waals surface area contributed by atoms with E-state index in [1.807, 2.05) is 0 Å². The summed E-state index contributed by atoms with van der Waals surface area (Å²) in [5.74, 6) is -2.16. The lowest BCUT2D eigenvalue weighted by Gasteiger charge is -2.24. The van der Waals surface area contributed by atoms with Gasteiger partial charge in [-0.3, -0.25) is 0 Å². The van der Waals surface area contributed by atoms with Crippen LogP contribution in [0.15, 0.2) is 23.1 Å². The van der Waals surface area contributed by atoms with Gasteiger partial charge in [0, 0.05) is 13.1 Å². The van der Waals surface area contributed by atoms with Crippen molar-refractivity contribution < 1.29 is 22.7 Å². The lowest BCUT2D eigenvalue weighted by atomic mass is 10.2. The molecule has 1 aliphatic carbocycles. The van der Waals surface area contributed by atoms with Gasteiger partial charge in [-0.05, 0) is 31.0 Å². The zero-order chi connectivity index (χ0) is 14.9. The SMILES string of the molecule is CN(C1CCCC1)S(=O)(=O)c1cc(F)ccc1C(=O)O. The summed E-state index contributed by atoms with van der Waals surface area (Å²) in [6.45, 7) is 0. The zero-order valence-corrected chi connectivity index (χ0v) is 11.9. The van der Waals surface area contributed by atoms with Gasteiger partial charge in [0.2, 0.25) is 10.0 Å². The molecule has 5 nitrogen and oxygen atoms in total. The van der Waals surface area contributed by atoms with E-state index in [1.165, 1.54) is 11.4 Å². The minimum Gasteiger partial charge on any atom is -0.478 e. The van der Waals surface area contributed by atoms with Gasteiger partial charge in [0.15, 0.2) is 0 Å². The molecule has 20 heavy (non-hydrogen) atoms. The summed E-state index contributed by atoms with van der Waals surface area (Å²) >= 11 is 0. The van der Waals surface area contributed by atoms with E-state index >= 15 is 0 Å². The van der Waals surface area contributed by atoms with Gasteiger partial charge in [-0.1, -0.05) is 12.8 Å². The number of halogens is 1. The Morgan fingerprint density at radius 2 is 1.95 bits per heavy atom. The Balaban J connectivity index is 2.47. The number of sulfonamides is 1. The van der Waals surface area contributed by atoms with Crippen molar-refractivity contribution in [2.45, 2.75) is 36.6 Å². The highest BCUT2D eigenvalue weighted by Gasteiger charge is 2.33. The molecule has 0 aliphatic heterocycles. The molecule has 1 N–H and O–H groups in total. The van der Waals surface area contributed by atoms with Gasteiger partial charge in [0.25, 0.3) is 0 Å². The predicted octanol–water partition coefficient (Wildman–Crippen LogP) is 2.09. The van der Waals surface area contributed by atoms with E-state index in [4.69, 9.17) is 5.11 Å². The number of carboxylic acids is 1. The normalized spacial score (nSPS) is 16.8. The van der Waals surface area contributed by atoms with Crippen molar-refractivity contribution in [3.63, 3.8) is 0 Å². The van der Waals surface area contributed by atoms with Crippen LogP contribution in [0, 0.1) is 5.82 Å². The third-order valence-electron chi connectivity index (χ3n) is 3.67. The first kappa shape index (κ1) is 14.9. The lowest BCUT2D eigenvalue weighted by Crippen LogP contribution is -2.36. The van der Waals surface area contributed by atoms with Gasteiger partial charge in [0.05, 0.1) is 10.5 Å². The Kier molecular flexibility index (Phi) is 4.10. The number of hydrogen-bond donors (Lipinski definition) is 1. The molecule has 0 radical (unpaired) electrons. The van der Waals surface area contributed by atoms with Crippen molar-refractivity contribution in [3.8, 4) is 0 Å². The molecule has 110 valence electrons. The molecule has 0 unspecified atom stereocenters. The number of nitrogens with zero attached hydrogens (tertiary/aromatic N) is 1. The van der Waals surface area contributed by atoms with Crippen LogP contribution >= 0.6 is 0 Å². The molecule has 0 aromatic heterocycles. The number of carboxylic acid groups (broad SMARTS) is 1. The molecule has 2 rings (SSSR count). The summed E-state index contributed by atoms with van der Waals surface area (Å²) in [4.78, 5) is 10.6. The van der Waals surface area contributed by atoms with Crippen molar-refractivity contribution in [2.24, 2.45) is 0 Å². The first-order chi connectivity index (χ1) is 9.34. The Morgan fingerprint density at radius 1 is 1.35 bits per heavy atom. The molecule has 0 atom stereocenters. The highest BCUT2D eigenvalue weighted by Crippen LogP contribution is 2.29. The van der Waals surface area contributed by atoms with Crippen LogP contribution in [0.1, 0.15) is 36.0 Å². The molecule has 1 aromatic carbocycles. The molecule has 0 amide bonds. The van der Waals surface area contributed by atoms with Crippen LogP contribution in [-0.2, 0) is 10.0 Å². The third kappa shape index (κ3) is 2.69. The van der Waals surface area contributed by atoms with E-state index in [0.29, 0.717) is 0 Å². The van der Waals surface area contributed by atoms with Gasteiger partial charge in [-0.15, -0.1) is 0 Å². The fourth-order valence-electron chi connectivity index (χ4n) is 2.51. The maximum absolute atomic E-state index is 13.3.